The van der Waals surface area contributed by atoms with E-state index in [9.17, 15) is 14.4 Å². The summed E-state index contributed by atoms with van der Waals surface area (Å²) in [6, 6.07) is 26.2. The molecule has 5 fully saturated rings. The molecule has 0 spiro atoms. The third-order valence-electron chi connectivity index (χ3n) is 16.3. The molecule has 8 nitrogen and oxygen atoms in total. The van der Waals surface area contributed by atoms with Gasteiger partial charge in [0.2, 0.25) is 0 Å². The van der Waals surface area contributed by atoms with Crippen molar-refractivity contribution in [3.8, 4) is 0 Å². The highest BCUT2D eigenvalue weighted by atomic mass is 16.7. The van der Waals surface area contributed by atoms with Crippen molar-refractivity contribution in [1.29, 1.82) is 0 Å². The fraction of sp³-hybridized carbons (Fsp3) is 0.604. The SMILES string of the molecule is CC(C)CCC[C@@H](C)[C@H]1CC[C@H]2[C@@H]3CCC4C[C@@H](O[C@@H]5O[C@H](COC(=O)c6ccccc6)[C@@H](OC(=O)c6ccccc6)[C@H]5OC(=O)c5ccccc5)CC[C@]4(C)[C@H]3CC[C@]12C. The van der Waals surface area contributed by atoms with Gasteiger partial charge in [-0.2, -0.15) is 0 Å². The van der Waals surface area contributed by atoms with Gasteiger partial charge in [0.05, 0.1) is 22.8 Å². The van der Waals surface area contributed by atoms with Crippen LogP contribution in [0.2, 0.25) is 0 Å². The maximum atomic E-state index is 13.7. The largest absolute Gasteiger partial charge is 0.459 e. The van der Waals surface area contributed by atoms with Crippen LogP contribution in [0.25, 0.3) is 0 Å². The summed E-state index contributed by atoms with van der Waals surface area (Å²) in [5, 5.41) is 0. The summed E-state index contributed by atoms with van der Waals surface area (Å²) >= 11 is 0. The summed E-state index contributed by atoms with van der Waals surface area (Å²) in [5.74, 6) is 3.59. The van der Waals surface area contributed by atoms with Gasteiger partial charge < -0.3 is 23.7 Å². The molecular weight excluding hydrogens is 765 g/mol. The van der Waals surface area contributed by atoms with Gasteiger partial charge in [0.1, 0.15) is 12.7 Å². The van der Waals surface area contributed by atoms with Crippen LogP contribution in [0.1, 0.15) is 143 Å². The number of ether oxygens (including phenoxy) is 5. The van der Waals surface area contributed by atoms with Crippen molar-refractivity contribution in [2.75, 3.05) is 6.61 Å². The van der Waals surface area contributed by atoms with Gasteiger partial charge in [0.15, 0.2) is 18.5 Å². The maximum Gasteiger partial charge on any atom is 0.338 e. The van der Waals surface area contributed by atoms with Crippen LogP contribution in [0.5, 0.6) is 0 Å². The molecule has 0 N–H and O–H groups in total. The van der Waals surface area contributed by atoms with E-state index in [0.717, 1.165) is 54.8 Å². The molecule has 1 aliphatic heterocycles. The van der Waals surface area contributed by atoms with E-state index in [-0.39, 0.29) is 18.1 Å². The lowest BCUT2D eigenvalue weighted by atomic mass is 9.44. The fourth-order valence-corrected chi connectivity index (χ4v) is 13.1. The van der Waals surface area contributed by atoms with Crippen LogP contribution in [-0.2, 0) is 23.7 Å². The van der Waals surface area contributed by atoms with Crippen molar-refractivity contribution in [1.82, 2.24) is 0 Å². The van der Waals surface area contributed by atoms with Gasteiger partial charge in [-0.3, -0.25) is 0 Å². The summed E-state index contributed by atoms with van der Waals surface area (Å²) in [5.41, 5.74) is 1.80. The van der Waals surface area contributed by atoms with Gasteiger partial charge in [0, 0.05) is 0 Å². The lowest BCUT2D eigenvalue weighted by Gasteiger charge is -2.61. The Labute approximate surface area is 363 Å². The first-order valence-electron chi connectivity index (χ1n) is 23.5. The highest BCUT2D eigenvalue weighted by molar-refractivity contribution is 5.91. The lowest BCUT2D eigenvalue weighted by Crippen LogP contribution is -2.54. The molecule has 1 saturated heterocycles. The lowest BCUT2D eigenvalue weighted by molar-refractivity contribution is -0.216. The van der Waals surface area contributed by atoms with Crippen LogP contribution in [0, 0.1) is 52.3 Å². The number of hydrogen-bond acceptors (Lipinski definition) is 8. The van der Waals surface area contributed by atoms with Crippen LogP contribution in [-0.4, -0.2) is 55.2 Å². The topological polar surface area (TPSA) is 97.4 Å². The van der Waals surface area contributed by atoms with Gasteiger partial charge in [0.25, 0.3) is 0 Å². The predicted octanol–water partition coefficient (Wildman–Crippen LogP) is 11.5. The van der Waals surface area contributed by atoms with E-state index in [1.165, 1.54) is 57.8 Å². The Balaban J connectivity index is 0.985. The number of carbonyl (C=O) groups is 3. The van der Waals surface area contributed by atoms with Crippen molar-refractivity contribution in [2.24, 2.45) is 52.3 Å². The standard InChI is InChI=1S/C53H68O8/c1-34(2)16-15-17-35(3)42-26-27-43-41-25-24-39-32-40(28-30-52(39,4)44(41)29-31-53(42,43)5)58-51-47(61-50(56)38-22-13-8-14-23-38)46(60-49(55)37-20-11-7-12-21-37)45(59-51)33-57-48(54)36-18-9-6-10-19-36/h6-14,18-23,34-35,39-47,51H,15-17,24-33H2,1-5H3/t35-,39?,40+,41+,42-,43+,44+,45-,46-,47-,51-,52+,53-/m1/s1. The summed E-state index contributed by atoms with van der Waals surface area (Å²) in [7, 11) is 0. The minimum Gasteiger partial charge on any atom is -0.459 e. The molecular formula is C53H68O8. The summed E-state index contributed by atoms with van der Waals surface area (Å²) in [6.07, 6.45) is 10.5. The molecule has 1 unspecified atom stereocenters. The fourth-order valence-electron chi connectivity index (χ4n) is 13.1. The zero-order valence-corrected chi connectivity index (χ0v) is 37.0. The van der Waals surface area contributed by atoms with E-state index in [4.69, 9.17) is 23.7 Å². The molecule has 0 bridgehead atoms. The second-order valence-electron chi connectivity index (χ2n) is 20.2. The highest BCUT2D eigenvalue weighted by Crippen LogP contribution is 2.68. The highest BCUT2D eigenvalue weighted by Gasteiger charge is 2.61. The Kier molecular flexibility index (Phi) is 13.4. The third kappa shape index (κ3) is 9.23. The van der Waals surface area contributed by atoms with Gasteiger partial charge in [-0.05, 0) is 146 Å². The van der Waals surface area contributed by atoms with Crippen LogP contribution in [0.15, 0.2) is 91.0 Å². The molecule has 0 aromatic heterocycles. The van der Waals surface area contributed by atoms with Crippen molar-refractivity contribution >= 4 is 17.9 Å². The second kappa shape index (κ2) is 18.8. The third-order valence-corrected chi connectivity index (χ3v) is 16.3. The molecule has 1 heterocycles. The number of carbonyl (C=O) groups excluding carboxylic acids is 3. The Bertz CT molecular complexity index is 1930. The normalized spacial score (nSPS) is 34.7. The van der Waals surface area contributed by atoms with E-state index in [1.807, 2.05) is 18.2 Å². The molecule has 8 rings (SSSR count). The monoisotopic (exact) mass is 832 g/mol. The van der Waals surface area contributed by atoms with Gasteiger partial charge in [-0.1, -0.05) is 108 Å². The van der Waals surface area contributed by atoms with Gasteiger partial charge in [-0.25, -0.2) is 14.4 Å². The first-order valence-corrected chi connectivity index (χ1v) is 23.5. The molecule has 0 radical (unpaired) electrons. The van der Waals surface area contributed by atoms with Crippen molar-refractivity contribution in [3.05, 3.63) is 108 Å². The zero-order chi connectivity index (χ0) is 42.7. The van der Waals surface area contributed by atoms with E-state index < -0.39 is 42.5 Å². The molecule has 3 aromatic rings. The quantitative estimate of drug-likeness (QED) is 0.117. The van der Waals surface area contributed by atoms with E-state index in [1.54, 1.807) is 72.8 Å². The Morgan fingerprint density at radius 2 is 1.23 bits per heavy atom. The van der Waals surface area contributed by atoms with E-state index in [0.29, 0.717) is 28.0 Å². The summed E-state index contributed by atoms with van der Waals surface area (Å²) in [4.78, 5) is 40.5. The Morgan fingerprint density at radius 3 is 1.85 bits per heavy atom. The molecule has 328 valence electrons. The number of esters is 3. The summed E-state index contributed by atoms with van der Waals surface area (Å²) in [6.45, 7) is 12.3. The van der Waals surface area contributed by atoms with Crippen molar-refractivity contribution in [3.63, 3.8) is 0 Å². The Morgan fingerprint density at radius 1 is 0.656 bits per heavy atom. The average molecular weight is 833 g/mol. The molecule has 61 heavy (non-hydrogen) atoms. The molecule has 8 heteroatoms. The van der Waals surface area contributed by atoms with Crippen LogP contribution in [0.3, 0.4) is 0 Å². The van der Waals surface area contributed by atoms with Crippen molar-refractivity contribution in [2.45, 2.75) is 142 Å². The van der Waals surface area contributed by atoms with Crippen molar-refractivity contribution < 1.29 is 38.1 Å². The van der Waals surface area contributed by atoms with E-state index in [2.05, 4.69) is 34.6 Å². The predicted molar refractivity (Wildman–Crippen MR) is 235 cm³/mol. The summed E-state index contributed by atoms with van der Waals surface area (Å²) < 4.78 is 31.6. The molecule has 4 aliphatic carbocycles. The Hall–Kier alpha value is -4.01. The minimum atomic E-state index is -1.11. The minimum absolute atomic E-state index is 0.134. The first-order chi connectivity index (χ1) is 29.4. The second-order valence-corrected chi connectivity index (χ2v) is 20.2. The first kappa shape index (κ1) is 43.6. The number of fused-ring (bicyclic) bond motifs is 5. The number of rotatable bonds is 14. The number of benzene rings is 3. The smallest absolute Gasteiger partial charge is 0.338 e. The molecule has 4 saturated carbocycles. The molecule has 0 amide bonds. The van der Waals surface area contributed by atoms with Crippen LogP contribution < -0.4 is 0 Å². The van der Waals surface area contributed by atoms with Gasteiger partial charge in [-0.15, -0.1) is 0 Å². The average Bonchev–Trinajstić information content (AvgIpc) is 3.79. The molecule has 3 aromatic carbocycles. The maximum absolute atomic E-state index is 13.7. The number of hydrogen-bond donors (Lipinski definition) is 0. The van der Waals surface area contributed by atoms with Crippen LogP contribution >= 0.6 is 0 Å². The van der Waals surface area contributed by atoms with Gasteiger partial charge >= 0.3 is 17.9 Å². The molecule has 5 aliphatic rings. The molecule has 13 atom stereocenters. The van der Waals surface area contributed by atoms with E-state index >= 15 is 0 Å². The van der Waals surface area contributed by atoms with Crippen LogP contribution in [0.4, 0.5) is 0 Å². The zero-order valence-electron chi connectivity index (χ0n) is 37.0.